The van der Waals surface area contributed by atoms with Crippen molar-refractivity contribution in [1.82, 2.24) is 14.3 Å². The molecule has 4 rings (SSSR count). The van der Waals surface area contributed by atoms with Crippen LogP contribution in [-0.4, -0.2) is 56.0 Å². The molecular formula is C20H22N4O3S. The number of rotatable bonds is 4. The summed E-state index contributed by atoms with van der Waals surface area (Å²) in [5.41, 5.74) is 2.56. The van der Waals surface area contributed by atoms with Gasteiger partial charge in [-0.3, -0.25) is 0 Å². The summed E-state index contributed by atoms with van der Waals surface area (Å²) in [6.07, 6.45) is 0. The highest BCUT2D eigenvalue weighted by atomic mass is 32.2. The zero-order valence-corrected chi connectivity index (χ0v) is 16.7. The van der Waals surface area contributed by atoms with Gasteiger partial charge in [0.05, 0.1) is 28.7 Å². The number of hydrogen-bond donors (Lipinski definition) is 0. The van der Waals surface area contributed by atoms with Crippen LogP contribution in [0, 0.1) is 6.92 Å². The number of sulfonamides is 1. The third kappa shape index (κ3) is 3.41. The van der Waals surface area contributed by atoms with Crippen molar-refractivity contribution in [3.8, 4) is 5.75 Å². The van der Waals surface area contributed by atoms with Crippen LogP contribution in [-0.2, 0) is 10.0 Å². The summed E-state index contributed by atoms with van der Waals surface area (Å²) in [4.78, 5) is 11.7. The van der Waals surface area contributed by atoms with Gasteiger partial charge in [0.25, 0.3) is 0 Å². The van der Waals surface area contributed by atoms with Crippen LogP contribution in [0.5, 0.6) is 5.75 Å². The summed E-state index contributed by atoms with van der Waals surface area (Å²) < 4.78 is 32.6. The van der Waals surface area contributed by atoms with Gasteiger partial charge in [-0.15, -0.1) is 0 Å². The fourth-order valence-electron chi connectivity index (χ4n) is 3.43. The van der Waals surface area contributed by atoms with Crippen molar-refractivity contribution in [2.45, 2.75) is 11.8 Å². The Labute approximate surface area is 164 Å². The molecule has 3 aromatic rings. The standard InChI is InChI=1S/C20H22N4O3S/c1-15-20(22-19-9-4-3-8-18(19)21-15)23-10-12-24(13-11-23)28(25,26)17-7-5-6-16(14-17)27-2/h3-9,14H,10-13H2,1-2H3. The number of aromatic nitrogens is 2. The Bertz CT molecular complexity index is 1110. The predicted octanol–water partition coefficient (Wildman–Crippen LogP) is 2.46. The van der Waals surface area contributed by atoms with Crippen molar-refractivity contribution in [2.24, 2.45) is 0 Å². The molecule has 8 heteroatoms. The lowest BCUT2D eigenvalue weighted by Crippen LogP contribution is -2.49. The number of piperazine rings is 1. The molecular weight excluding hydrogens is 376 g/mol. The van der Waals surface area contributed by atoms with E-state index in [0.717, 1.165) is 22.5 Å². The summed E-state index contributed by atoms with van der Waals surface area (Å²) in [7, 11) is -2.03. The normalized spacial score (nSPS) is 15.7. The lowest BCUT2D eigenvalue weighted by atomic mass is 10.2. The molecule has 0 unspecified atom stereocenters. The molecule has 1 saturated heterocycles. The van der Waals surface area contributed by atoms with Crippen LogP contribution in [0.25, 0.3) is 11.0 Å². The second-order valence-electron chi connectivity index (χ2n) is 6.69. The third-order valence-electron chi connectivity index (χ3n) is 4.94. The minimum atomic E-state index is -3.55. The minimum absolute atomic E-state index is 0.252. The monoisotopic (exact) mass is 398 g/mol. The maximum Gasteiger partial charge on any atom is 0.243 e. The van der Waals surface area contributed by atoms with Crippen LogP contribution < -0.4 is 9.64 Å². The number of benzene rings is 2. The van der Waals surface area contributed by atoms with Gasteiger partial charge in [-0.05, 0) is 31.2 Å². The molecule has 1 aliphatic heterocycles. The lowest BCUT2D eigenvalue weighted by molar-refractivity contribution is 0.382. The number of hydrogen-bond acceptors (Lipinski definition) is 6. The summed E-state index contributed by atoms with van der Waals surface area (Å²) in [6, 6.07) is 14.3. The second kappa shape index (κ2) is 7.37. The van der Waals surface area contributed by atoms with E-state index in [-0.39, 0.29) is 4.90 Å². The van der Waals surface area contributed by atoms with Gasteiger partial charge in [0.1, 0.15) is 5.75 Å². The van der Waals surface area contributed by atoms with Crippen molar-refractivity contribution in [2.75, 3.05) is 38.2 Å². The van der Waals surface area contributed by atoms with Gasteiger partial charge in [-0.2, -0.15) is 4.31 Å². The summed E-state index contributed by atoms with van der Waals surface area (Å²) >= 11 is 0. The van der Waals surface area contributed by atoms with Gasteiger partial charge in [0.2, 0.25) is 10.0 Å². The van der Waals surface area contributed by atoms with Gasteiger partial charge in [-0.1, -0.05) is 18.2 Å². The molecule has 1 aliphatic rings. The van der Waals surface area contributed by atoms with Crippen LogP contribution in [0.2, 0.25) is 0 Å². The molecule has 0 bridgehead atoms. The SMILES string of the molecule is COc1cccc(S(=O)(=O)N2CCN(c3nc4ccccc4nc3C)CC2)c1. The van der Waals surface area contributed by atoms with Crippen LogP contribution in [0.3, 0.4) is 0 Å². The summed E-state index contributed by atoms with van der Waals surface area (Å²) in [6.45, 7) is 3.86. The fourth-order valence-corrected chi connectivity index (χ4v) is 4.89. The van der Waals surface area contributed by atoms with E-state index in [0.29, 0.717) is 31.9 Å². The fraction of sp³-hybridized carbons (Fsp3) is 0.300. The molecule has 0 atom stereocenters. The molecule has 1 aromatic heterocycles. The molecule has 0 amide bonds. The Morgan fingerprint density at radius 2 is 1.61 bits per heavy atom. The number of aryl methyl sites for hydroxylation is 1. The number of ether oxygens (including phenoxy) is 1. The average Bonchev–Trinajstić information content (AvgIpc) is 2.73. The van der Waals surface area contributed by atoms with E-state index in [1.165, 1.54) is 11.4 Å². The van der Waals surface area contributed by atoms with Gasteiger partial charge in [-0.25, -0.2) is 18.4 Å². The Morgan fingerprint density at radius 1 is 0.929 bits per heavy atom. The highest BCUT2D eigenvalue weighted by Crippen LogP contribution is 2.25. The first-order valence-electron chi connectivity index (χ1n) is 9.11. The average molecular weight is 398 g/mol. The summed E-state index contributed by atoms with van der Waals surface area (Å²) in [5.74, 6) is 1.35. The van der Waals surface area contributed by atoms with Crippen molar-refractivity contribution in [1.29, 1.82) is 0 Å². The van der Waals surface area contributed by atoms with E-state index in [4.69, 9.17) is 9.72 Å². The molecule has 0 radical (unpaired) electrons. The van der Waals surface area contributed by atoms with E-state index in [9.17, 15) is 8.42 Å². The lowest BCUT2D eigenvalue weighted by Gasteiger charge is -2.35. The predicted molar refractivity (Wildman–Crippen MR) is 108 cm³/mol. The Kier molecular flexibility index (Phi) is 4.91. The van der Waals surface area contributed by atoms with Crippen molar-refractivity contribution < 1.29 is 13.2 Å². The van der Waals surface area contributed by atoms with E-state index < -0.39 is 10.0 Å². The smallest absolute Gasteiger partial charge is 0.243 e. The van der Waals surface area contributed by atoms with E-state index >= 15 is 0 Å². The highest BCUT2D eigenvalue weighted by Gasteiger charge is 2.29. The third-order valence-corrected chi connectivity index (χ3v) is 6.83. The second-order valence-corrected chi connectivity index (χ2v) is 8.63. The zero-order chi connectivity index (χ0) is 19.7. The number of para-hydroxylation sites is 2. The molecule has 7 nitrogen and oxygen atoms in total. The molecule has 1 fully saturated rings. The number of anilines is 1. The molecule has 146 valence electrons. The topological polar surface area (TPSA) is 75.6 Å². The number of methoxy groups -OCH3 is 1. The number of nitrogens with zero attached hydrogens (tertiary/aromatic N) is 4. The Balaban J connectivity index is 1.54. The molecule has 2 aromatic carbocycles. The van der Waals surface area contributed by atoms with Gasteiger partial charge in [0.15, 0.2) is 5.82 Å². The van der Waals surface area contributed by atoms with Crippen LogP contribution in [0.15, 0.2) is 53.4 Å². The maximum absolute atomic E-state index is 13.0. The zero-order valence-electron chi connectivity index (χ0n) is 15.9. The first-order chi connectivity index (χ1) is 13.5. The van der Waals surface area contributed by atoms with Crippen molar-refractivity contribution >= 4 is 26.9 Å². The minimum Gasteiger partial charge on any atom is -0.497 e. The molecule has 0 aliphatic carbocycles. The van der Waals surface area contributed by atoms with Crippen LogP contribution >= 0.6 is 0 Å². The molecule has 0 saturated carbocycles. The van der Waals surface area contributed by atoms with Crippen LogP contribution in [0.1, 0.15) is 5.69 Å². The number of fused-ring (bicyclic) bond motifs is 1. The van der Waals surface area contributed by atoms with E-state index in [2.05, 4.69) is 9.88 Å². The maximum atomic E-state index is 13.0. The van der Waals surface area contributed by atoms with Crippen LogP contribution in [0.4, 0.5) is 5.82 Å². The highest BCUT2D eigenvalue weighted by molar-refractivity contribution is 7.89. The van der Waals surface area contributed by atoms with Crippen molar-refractivity contribution in [3.63, 3.8) is 0 Å². The van der Waals surface area contributed by atoms with Gasteiger partial charge < -0.3 is 9.64 Å². The summed E-state index contributed by atoms with van der Waals surface area (Å²) in [5, 5.41) is 0. The van der Waals surface area contributed by atoms with E-state index in [1.54, 1.807) is 24.3 Å². The Hall–Kier alpha value is -2.71. The van der Waals surface area contributed by atoms with Crippen molar-refractivity contribution in [3.05, 3.63) is 54.2 Å². The van der Waals surface area contributed by atoms with Gasteiger partial charge in [0, 0.05) is 32.2 Å². The first-order valence-corrected chi connectivity index (χ1v) is 10.6. The molecule has 0 N–H and O–H groups in total. The van der Waals surface area contributed by atoms with Gasteiger partial charge >= 0.3 is 0 Å². The quantitative estimate of drug-likeness (QED) is 0.672. The first kappa shape index (κ1) is 18.6. The Morgan fingerprint density at radius 3 is 2.29 bits per heavy atom. The largest absolute Gasteiger partial charge is 0.497 e. The molecule has 0 spiro atoms. The molecule has 28 heavy (non-hydrogen) atoms. The van der Waals surface area contributed by atoms with E-state index in [1.807, 2.05) is 31.2 Å². The molecule has 2 heterocycles.